The Morgan fingerprint density at radius 3 is 2.68 bits per heavy atom. The van der Waals surface area contributed by atoms with Crippen LogP contribution in [0.1, 0.15) is 59.8 Å². The van der Waals surface area contributed by atoms with Crippen molar-refractivity contribution in [2.24, 2.45) is 5.92 Å². The molecule has 0 spiro atoms. The van der Waals surface area contributed by atoms with Gasteiger partial charge in [-0.25, -0.2) is 9.78 Å². The highest BCUT2D eigenvalue weighted by Crippen LogP contribution is 2.43. The number of thiophene rings is 1. The summed E-state index contributed by atoms with van der Waals surface area (Å²) in [5, 5.41) is 24.6. The Bertz CT molecular complexity index is 1060. The van der Waals surface area contributed by atoms with Crippen molar-refractivity contribution < 1.29 is 19.4 Å². The first-order valence-corrected chi connectivity index (χ1v) is 13.8. The molecule has 2 N–H and O–H groups in total. The van der Waals surface area contributed by atoms with E-state index in [1.165, 1.54) is 16.9 Å². The normalized spacial score (nSPS) is 16.3. The second-order valence-corrected chi connectivity index (χ2v) is 10.7. The summed E-state index contributed by atoms with van der Waals surface area (Å²) in [5.41, 5.74) is 0.722. The zero-order valence-electron chi connectivity index (χ0n) is 19.2. The molecule has 6 nitrogen and oxygen atoms in total. The van der Waals surface area contributed by atoms with E-state index < -0.39 is 11.7 Å². The number of aromatic nitrogens is 1. The molecule has 1 amide bonds. The van der Waals surface area contributed by atoms with Gasteiger partial charge in [0.1, 0.15) is 5.76 Å². The Hall–Kier alpha value is -2.16. The number of oxazole rings is 1. The number of benzene rings is 1. The van der Waals surface area contributed by atoms with Gasteiger partial charge in [-0.1, -0.05) is 65.5 Å². The number of nitrogens with zero attached hydrogens (tertiary/aromatic N) is 2. The lowest BCUT2D eigenvalue weighted by molar-refractivity contribution is -0.0239. The molecule has 4 rings (SSSR count). The smallest absolute Gasteiger partial charge is 0.407 e. The standard InChI is InChI=1S/C26H31BrN2O4S/c27-13-11-19-15-23(34-18-19)17-29(25(30)31)14-12-22-16-28-24(33-22)26(32,20-7-3-1-4-8-20)21-9-5-2-6-10-21/h1,3-4,7-8,15-16,18,21,32H,2,5-6,9-14,17H2,(H,30,31)/t26-/m0/s1. The number of alkyl halides is 1. The molecule has 1 aromatic carbocycles. The molecular weight excluding hydrogens is 516 g/mol. The molecule has 3 aromatic rings. The van der Waals surface area contributed by atoms with E-state index in [1.54, 1.807) is 17.5 Å². The molecule has 1 aliphatic rings. The molecular formula is C26H31BrN2O4S. The SMILES string of the molecule is O=C(O)N(CCc1cnc([C@](O)(c2ccccc2)C2CCCCC2)o1)Cc1cc(CCBr)cs1. The van der Waals surface area contributed by atoms with Crippen LogP contribution in [0.3, 0.4) is 0 Å². The summed E-state index contributed by atoms with van der Waals surface area (Å²) >= 11 is 5.03. The van der Waals surface area contributed by atoms with Gasteiger partial charge < -0.3 is 19.5 Å². The average Bonchev–Trinajstić information content (AvgIpc) is 3.52. The first kappa shape index (κ1) is 24.9. The Kier molecular flexibility index (Phi) is 8.45. The van der Waals surface area contributed by atoms with Crippen molar-refractivity contribution in [1.29, 1.82) is 0 Å². The number of hydrogen-bond donors (Lipinski definition) is 2. The van der Waals surface area contributed by atoms with Crippen LogP contribution >= 0.6 is 27.3 Å². The first-order valence-electron chi connectivity index (χ1n) is 11.8. The van der Waals surface area contributed by atoms with Crippen LogP contribution in [0.25, 0.3) is 0 Å². The van der Waals surface area contributed by atoms with E-state index in [-0.39, 0.29) is 5.92 Å². The predicted octanol–water partition coefficient (Wildman–Crippen LogP) is 6.21. The fraction of sp³-hybridized carbons (Fsp3) is 0.462. The second kappa shape index (κ2) is 11.5. The molecule has 0 saturated heterocycles. The van der Waals surface area contributed by atoms with Crippen LogP contribution in [0.5, 0.6) is 0 Å². The lowest BCUT2D eigenvalue weighted by Gasteiger charge is -2.36. The number of carbonyl (C=O) groups is 1. The van der Waals surface area contributed by atoms with Crippen molar-refractivity contribution in [3.8, 4) is 0 Å². The van der Waals surface area contributed by atoms with Crippen LogP contribution in [-0.2, 0) is 25.0 Å². The lowest BCUT2D eigenvalue weighted by atomic mass is 9.73. The number of aryl methyl sites for hydroxylation is 1. The molecule has 8 heteroatoms. The number of aliphatic hydroxyl groups is 1. The average molecular weight is 548 g/mol. The van der Waals surface area contributed by atoms with E-state index in [0.717, 1.165) is 47.9 Å². The fourth-order valence-corrected chi connectivity index (χ4v) is 6.17. The monoisotopic (exact) mass is 546 g/mol. The van der Waals surface area contributed by atoms with Crippen molar-refractivity contribution in [2.75, 3.05) is 11.9 Å². The highest BCUT2D eigenvalue weighted by molar-refractivity contribution is 9.09. The Morgan fingerprint density at radius 2 is 1.97 bits per heavy atom. The summed E-state index contributed by atoms with van der Waals surface area (Å²) in [4.78, 5) is 18.8. The van der Waals surface area contributed by atoms with Gasteiger partial charge in [-0.05, 0) is 41.8 Å². The van der Waals surface area contributed by atoms with Gasteiger partial charge in [-0.2, -0.15) is 0 Å². The van der Waals surface area contributed by atoms with Gasteiger partial charge in [-0.15, -0.1) is 11.3 Å². The van der Waals surface area contributed by atoms with E-state index in [4.69, 9.17) is 4.42 Å². The van der Waals surface area contributed by atoms with E-state index >= 15 is 0 Å². The van der Waals surface area contributed by atoms with E-state index in [0.29, 0.717) is 31.2 Å². The number of hydrogen-bond acceptors (Lipinski definition) is 5. The van der Waals surface area contributed by atoms with E-state index in [1.807, 2.05) is 30.3 Å². The highest BCUT2D eigenvalue weighted by Gasteiger charge is 2.44. The summed E-state index contributed by atoms with van der Waals surface area (Å²) in [7, 11) is 0. The molecule has 0 aliphatic heterocycles. The van der Waals surface area contributed by atoms with Crippen LogP contribution in [-0.4, -0.2) is 38.1 Å². The van der Waals surface area contributed by atoms with Gasteiger partial charge in [0.05, 0.1) is 12.7 Å². The van der Waals surface area contributed by atoms with Gasteiger partial charge in [0.15, 0.2) is 5.60 Å². The van der Waals surface area contributed by atoms with Gasteiger partial charge in [-0.3, -0.25) is 0 Å². The Morgan fingerprint density at radius 1 is 1.21 bits per heavy atom. The Labute approximate surface area is 212 Å². The fourth-order valence-electron chi connectivity index (χ4n) is 4.77. The quantitative estimate of drug-likeness (QED) is 0.295. The molecule has 1 atom stereocenters. The molecule has 2 heterocycles. The second-order valence-electron chi connectivity index (χ2n) is 8.91. The molecule has 1 aliphatic carbocycles. The van der Waals surface area contributed by atoms with Crippen LogP contribution in [0.2, 0.25) is 0 Å². The highest BCUT2D eigenvalue weighted by atomic mass is 79.9. The van der Waals surface area contributed by atoms with Gasteiger partial charge >= 0.3 is 6.09 Å². The minimum absolute atomic E-state index is 0.0400. The topological polar surface area (TPSA) is 86.8 Å². The van der Waals surface area contributed by atoms with Crippen LogP contribution in [0.15, 0.2) is 52.4 Å². The Balaban J connectivity index is 1.48. The minimum atomic E-state index is -1.28. The molecule has 182 valence electrons. The predicted molar refractivity (Wildman–Crippen MR) is 136 cm³/mol. The van der Waals surface area contributed by atoms with Crippen molar-refractivity contribution in [3.63, 3.8) is 0 Å². The molecule has 1 fully saturated rings. The van der Waals surface area contributed by atoms with Crippen LogP contribution in [0, 0.1) is 5.92 Å². The third-order valence-corrected chi connectivity index (χ3v) is 7.99. The molecule has 1 saturated carbocycles. The van der Waals surface area contributed by atoms with Gasteiger partial charge in [0.2, 0.25) is 5.89 Å². The first-order chi connectivity index (χ1) is 16.5. The number of carboxylic acid groups (broad SMARTS) is 1. The maximum absolute atomic E-state index is 11.9. The maximum atomic E-state index is 11.9. The number of rotatable bonds is 10. The van der Waals surface area contributed by atoms with Crippen molar-refractivity contribution >= 4 is 33.4 Å². The molecule has 2 aromatic heterocycles. The van der Waals surface area contributed by atoms with E-state index in [2.05, 4.69) is 32.4 Å². The largest absolute Gasteiger partial charge is 0.465 e. The third kappa shape index (κ3) is 5.73. The van der Waals surface area contributed by atoms with Gasteiger partial charge in [0.25, 0.3) is 0 Å². The maximum Gasteiger partial charge on any atom is 0.407 e. The third-order valence-electron chi connectivity index (χ3n) is 6.63. The van der Waals surface area contributed by atoms with Crippen molar-refractivity contribution in [2.45, 2.75) is 57.1 Å². The van der Waals surface area contributed by atoms with Gasteiger partial charge in [0, 0.05) is 29.1 Å². The summed E-state index contributed by atoms with van der Waals surface area (Å²) in [6.45, 7) is 0.641. The van der Waals surface area contributed by atoms with Crippen LogP contribution < -0.4 is 0 Å². The zero-order valence-corrected chi connectivity index (χ0v) is 21.6. The zero-order chi connectivity index (χ0) is 24.0. The summed E-state index contributed by atoms with van der Waals surface area (Å²) in [5.74, 6) is 0.927. The summed E-state index contributed by atoms with van der Waals surface area (Å²) in [6, 6.07) is 11.7. The van der Waals surface area contributed by atoms with Crippen molar-refractivity contribution in [1.82, 2.24) is 9.88 Å². The summed E-state index contributed by atoms with van der Waals surface area (Å²) < 4.78 is 6.09. The van der Waals surface area contributed by atoms with E-state index in [9.17, 15) is 15.0 Å². The van der Waals surface area contributed by atoms with Crippen LogP contribution in [0.4, 0.5) is 4.79 Å². The minimum Gasteiger partial charge on any atom is -0.465 e. The lowest BCUT2D eigenvalue weighted by Crippen LogP contribution is -2.38. The summed E-state index contributed by atoms with van der Waals surface area (Å²) in [6.07, 6.45) is 7.20. The molecule has 0 unspecified atom stereocenters. The number of amides is 1. The van der Waals surface area contributed by atoms with Crippen molar-refractivity contribution in [3.05, 3.63) is 75.6 Å². The molecule has 34 heavy (non-hydrogen) atoms. The number of halogens is 1. The molecule has 0 bridgehead atoms. The molecule has 0 radical (unpaired) electrons.